The number of carboxylic acids is 2. The average Bonchev–Trinajstić information content (AvgIpc) is 3.72. The summed E-state index contributed by atoms with van der Waals surface area (Å²) in [6, 6.07) is -1.28. The van der Waals surface area contributed by atoms with Crippen molar-refractivity contribution in [2.24, 2.45) is 5.16 Å². The summed E-state index contributed by atoms with van der Waals surface area (Å²) in [7, 11) is 0. The fraction of sp³-hybridized carbons (Fsp3) is 0.360. The van der Waals surface area contributed by atoms with E-state index in [2.05, 4.69) is 20.9 Å². The van der Waals surface area contributed by atoms with Crippen molar-refractivity contribution in [2.75, 3.05) is 25.4 Å². The van der Waals surface area contributed by atoms with Crippen molar-refractivity contribution in [1.29, 1.82) is 0 Å². The van der Waals surface area contributed by atoms with E-state index in [1.807, 2.05) is 0 Å². The lowest BCUT2D eigenvalue weighted by Gasteiger charge is -2.41. The molecule has 3 aliphatic rings. The van der Waals surface area contributed by atoms with E-state index in [9.17, 15) is 49.2 Å². The first-order chi connectivity index (χ1) is 22.4. The quantitative estimate of drug-likeness (QED) is 0.0745. The Labute approximate surface area is 287 Å². The smallest absolute Gasteiger partial charge is 0.350 e. The number of carbonyl (C=O) groups excluding carboxylic acids is 4. The molecule has 5 rings (SSSR count). The first-order valence-electron chi connectivity index (χ1n) is 13.4. The van der Waals surface area contributed by atoms with Crippen LogP contribution in [-0.4, -0.2) is 123 Å². The van der Waals surface area contributed by atoms with Crippen molar-refractivity contribution >= 4 is 92.8 Å². The second-order valence-electron chi connectivity index (χ2n) is 10.9. The number of nitrogens with zero attached hydrogens (tertiary/aromatic N) is 5. The van der Waals surface area contributed by atoms with Crippen molar-refractivity contribution in [3.8, 4) is 11.5 Å². The number of hydrazine groups is 1. The number of carboxylic acid groups (broad SMARTS) is 2. The fourth-order valence-electron chi connectivity index (χ4n) is 4.74. The number of aromatic nitrogens is 1. The molecule has 3 atom stereocenters. The van der Waals surface area contributed by atoms with Crippen molar-refractivity contribution in [2.45, 2.75) is 35.7 Å². The summed E-state index contributed by atoms with van der Waals surface area (Å²) in [6.07, 6.45) is 0. The molecule has 0 saturated carbocycles. The maximum atomic E-state index is 13.4. The predicted molar refractivity (Wildman–Crippen MR) is 167 cm³/mol. The zero-order valence-electron chi connectivity index (χ0n) is 24.5. The molecular weight excluding hydrogens is 723 g/mol. The number of urea groups is 1. The molecule has 3 saturated heterocycles. The summed E-state index contributed by atoms with van der Waals surface area (Å²) in [4.78, 5) is 86.0. The van der Waals surface area contributed by atoms with E-state index in [1.54, 1.807) is 0 Å². The number of thiazole rings is 1. The normalized spacial score (nSPS) is 22.3. The van der Waals surface area contributed by atoms with Gasteiger partial charge in [0.05, 0.1) is 28.7 Å². The van der Waals surface area contributed by atoms with E-state index in [1.165, 1.54) is 19.2 Å². The molecule has 256 valence electrons. The molecule has 0 aliphatic carbocycles. The van der Waals surface area contributed by atoms with Gasteiger partial charge in [-0.25, -0.2) is 24.4 Å². The summed E-state index contributed by atoms with van der Waals surface area (Å²) >= 11 is 13.4. The number of rotatable bonds is 10. The number of nitrogen functional groups attached to an aromatic ring is 1. The molecule has 4 heterocycles. The molecule has 0 spiro atoms. The number of β-lactam (4-membered cyclic amide) rings is 1. The number of phenolic OH excluding ortho intramolecular Hbond substituents is 2. The van der Waals surface area contributed by atoms with Crippen LogP contribution >= 0.6 is 46.3 Å². The van der Waals surface area contributed by atoms with E-state index >= 15 is 0 Å². The van der Waals surface area contributed by atoms with Crippen molar-refractivity contribution in [1.82, 2.24) is 30.5 Å². The Balaban J connectivity index is 1.32. The van der Waals surface area contributed by atoms with Gasteiger partial charge in [-0.15, -0.1) is 11.3 Å². The summed E-state index contributed by atoms with van der Waals surface area (Å²) < 4.78 is 0. The second-order valence-corrected chi connectivity index (χ2v) is 13.9. The molecule has 3 fully saturated rings. The zero-order valence-corrected chi connectivity index (χ0v) is 27.6. The maximum absolute atomic E-state index is 13.4. The predicted octanol–water partition coefficient (Wildman–Crippen LogP) is 0.291. The monoisotopic (exact) mass is 746 g/mol. The van der Waals surface area contributed by atoms with Gasteiger partial charge in [0.1, 0.15) is 17.1 Å². The highest BCUT2D eigenvalue weighted by Gasteiger charge is 2.66. The molecule has 1 aromatic carbocycles. The number of benzene rings is 1. The number of carbonyl (C=O) groups is 6. The third-order valence-corrected chi connectivity index (χ3v) is 10.4. The maximum Gasteiger partial charge on any atom is 0.350 e. The summed E-state index contributed by atoms with van der Waals surface area (Å²) in [5.41, 5.74) is 5.12. The number of hydrogen-bond acceptors (Lipinski definition) is 14. The number of phenols is 2. The number of nitrogens with one attached hydrogen (secondary N) is 2. The number of fused-ring (bicyclic) bond motifs is 1. The van der Waals surface area contributed by atoms with E-state index in [-0.39, 0.29) is 29.5 Å². The molecule has 19 nitrogen and oxygen atoms in total. The van der Waals surface area contributed by atoms with Crippen LogP contribution in [0.3, 0.4) is 0 Å². The van der Waals surface area contributed by atoms with Gasteiger partial charge in [-0.05, 0) is 19.9 Å². The minimum atomic E-state index is -2.04. The number of hydrogen-bond donors (Lipinski definition) is 7. The van der Waals surface area contributed by atoms with Crippen LogP contribution in [0.5, 0.6) is 11.5 Å². The van der Waals surface area contributed by atoms with Crippen molar-refractivity contribution < 1.29 is 54.0 Å². The Kier molecular flexibility index (Phi) is 8.92. The molecule has 3 aliphatic heterocycles. The SMILES string of the molecule is CC(C)(O/N=C(\C(=O)N[C@@H]1C(=O)N2C[C@@](C(=O)O)(N3CCN(NC(=O)c4cc(Cl)c(O)c(O)c4Cl)C3=O)S[C@H]12)c1csc(N)n1)C(=O)O. The van der Waals surface area contributed by atoms with Gasteiger partial charge in [0.15, 0.2) is 22.3 Å². The van der Waals surface area contributed by atoms with Crippen molar-refractivity contribution in [3.05, 3.63) is 32.7 Å². The van der Waals surface area contributed by atoms with Gasteiger partial charge in [0, 0.05) is 11.9 Å². The van der Waals surface area contributed by atoms with E-state index in [0.717, 1.165) is 32.2 Å². The van der Waals surface area contributed by atoms with Crippen LogP contribution < -0.4 is 16.5 Å². The second kappa shape index (κ2) is 12.4. The molecule has 2 aromatic rings. The highest BCUT2D eigenvalue weighted by Crippen LogP contribution is 2.49. The van der Waals surface area contributed by atoms with E-state index in [4.69, 9.17) is 33.8 Å². The molecule has 23 heteroatoms. The Morgan fingerprint density at radius 1 is 1.17 bits per heavy atom. The third kappa shape index (κ3) is 5.82. The number of anilines is 1. The topological polar surface area (TPSA) is 278 Å². The Hall–Kier alpha value is -4.73. The van der Waals surface area contributed by atoms with Crippen LogP contribution in [0.4, 0.5) is 9.93 Å². The summed E-state index contributed by atoms with van der Waals surface area (Å²) in [6.45, 7) is 1.50. The average molecular weight is 748 g/mol. The Morgan fingerprint density at radius 3 is 2.46 bits per heavy atom. The molecule has 5 amide bonds. The van der Waals surface area contributed by atoms with Crippen LogP contribution in [0.25, 0.3) is 0 Å². The highest BCUT2D eigenvalue weighted by atomic mass is 35.5. The number of nitrogens with two attached hydrogens (primary N) is 1. The number of thioether (sulfide) groups is 1. The van der Waals surface area contributed by atoms with Gasteiger partial charge in [-0.3, -0.25) is 24.7 Å². The van der Waals surface area contributed by atoms with Crippen LogP contribution in [0, 0.1) is 0 Å². The minimum absolute atomic E-state index is 0.0557. The van der Waals surface area contributed by atoms with Gasteiger partial charge in [-0.2, -0.15) is 0 Å². The summed E-state index contributed by atoms with van der Waals surface area (Å²) in [5, 5.41) is 45.8. The van der Waals surface area contributed by atoms with Crippen molar-refractivity contribution in [3.63, 3.8) is 0 Å². The van der Waals surface area contributed by atoms with Crippen LogP contribution in [0.2, 0.25) is 10.0 Å². The van der Waals surface area contributed by atoms with Gasteiger partial charge in [0.25, 0.3) is 11.8 Å². The lowest BCUT2D eigenvalue weighted by Crippen LogP contribution is -2.68. The van der Waals surface area contributed by atoms with Crippen LogP contribution in [0.15, 0.2) is 16.6 Å². The lowest BCUT2D eigenvalue weighted by molar-refractivity contribution is -0.161. The van der Waals surface area contributed by atoms with Gasteiger partial charge in [0.2, 0.25) is 16.4 Å². The van der Waals surface area contributed by atoms with Crippen LogP contribution in [0.1, 0.15) is 29.9 Å². The van der Waals surface area contributed by atoms with Gasteiger partial charge in [-0.1, -0.05) is 40.1 Å². The molecule has 8 N–H and O–H groups in total. The summed E-state index contributed by atoms with van der Waals surface area (Å²) in [5.74, 6) is -7.18. The Bertz CT molecular complexity index is 1810. The number of aromatic hydroxyl groups is 2. The first kappa shape index (κ1) is 34.6. The van der Waals surface area contributed by atoms with Crippen LogP contribution in [-0.2, 0) is 24.0 Å². The molecule has 48 heavy (non-hydrogen) atoms. The zero-order chi connectivity index (χ0) is 35.5. The molecule has 1 aromatic heterocycles. The number of halogens is 2. The largest absolute Gasteiger partial charge is 0.503 e. The Morgan fingerprint density at radius 2 is 1.85 bits per heavy atom. The third-order valence-electron chi connectivity index (χ3n) is 7.41. The lowest BCUT2D eigenvalue weighted by atomic mass is 10.1. The van der Waals surface area contributed by atoms with Gasteiger partial charge < -0.3 is 41.2 Å². The highest BCUT2D eigenvalue weighted by molar-refractivity contribution is 8.02. The fourth-order valence-corrected chi connectivity index (χ4v) is 7.36. The molecule has 0 radical (unpaired) electrons. The molecule has 0 unspecified atom stereocenters. The number of oxime groups is 1. The minimum Gasteiger partial charge on any atom is -0.503 e. The van der Waals surface area contributed by atoms with Gasteiger partial charge >= 0.3 is 18.0 Å². The molecular formula is C25H24Cl2N8O11S2. The number of aliphatic carboxylic acids is 2. The molecule has 0 bridgehead atoms. The standard InChI is InChI=1S/C25H24Cl2N8O11S2/c1-24(2,20(41)42)46-32-12(10-6-47-22(28)29-10)17(39)30-13-18(40)33-7-25(21(43)44,48-19(13)33)34-3-4-35(23(34)45)31-16(38)8-5-9(26)14(36)15(37)11(8)27/h5-6,13,19,36-37H,3-4,7H2,1-2H3,(H2,28,29)(H,30,39)(H,31,38)(H,41,42)(H,43,44)/b32-12-/t13-,19-,25-/m1/s1. The van der Waals surface area contributed by atoms with E-state index < -0.39 is 91.4 Å². The first-order valence-corrected chi connectivity index (χ1v) is 15.9. The number of amides is 5. The van der Waals surface area contributed by atoms with E-state index in [0.29, 0.717) is 11.8 Å².